The van der Waals surface area contributed by atoms with Gasteiger partial charge in [-0.1, -0.05) is 18.2 Å². The highest BCUT2D eigenvalue weighted by molar-refractivity contribution is 5.90. The average molecular weight is 343 g/mol. The zero-order chi connectivity index (χ0) is 18.1. The Balaban J connectivity index is 2.39. The Hall–Kier alpha value is -2.55. The topological polar surface area (TPSA) is 88.4 Å². The Kier molecular flexibility index (Phi) is 4.57. The van der Waals surface area contributed by atoms with E-state index in [1.165, 1.54) is 20.3 Å². The molecule has 1 atom stereocenters. The van der Waals surface area contributed by atoms with Crippen molar-refractivity contribution in [3.63, 3.8) is 0 Å². The normalized spacial score (nSPS) is 14.2. The lowest BCUT2D eigenvalue weighted by molar-refractivity contribution is -0.215. The van der Waals surface area contributed by atoms with Gasteiger partial charge in [0.1, 0.15) is 0 Å². The minimum absolute atomic E-state index is 0.407. The number of halogens is 3. The lowest BCUT2D eigenvalue weighted by Crippen LogP contribution is -2.59. The maximum Gasteiger partial charge on any atom is 0.491 e. The zero-order valence-electron chi connectivity index (χ0n) is 13.0. The van der Waals surface area contributed by atoms with Crippen LogP contribution in [0.1, 0.15) is 5.56 Å². The first kappa shape index (κ1) is 17.8. The Bertz CT molecular complexity index is 770. The first-order valence-corrected chi connectivity index (χ1v) is 6.90. The van der Waals surface area contributed by atoms with Gasteiger partial charge < -0.3 is 14.6 Å². The van der Waals surface area contributed by atoms with Gasteiger partial charge >= 0.3 is 12.1 Å². The first-order chi connectivity index (χ1) is 11.0. The molecule has 0 aliphatic carbocycles. The lowest BCUT2D eigenvalue weighted by Gasteiger charge is -2.30. The summed E-state index contributed by atoms with van der Waals surface area (Å²) < 4.78 is 41.9. The SMILES string of the molecule is CN(C)C(=O)[C@](N)(Cc1c[nH]c2ccccc12)OC(=O)C(F)(F)F. The molecule has 0 fully saturated rings. The van der Waals surface area contributed by atoms with Gasteiger partial charge in [0, 0.05) is 37.6 Å². The summed E-state index contributed by atoms with van der Waals surface area (Å²) in [6, 6.07) is 6.97. The number of fused-ring (bicyclic) bond motifs is 1. The van der Waals surface area contributed by atoms with Crippen molar-refractivity contribution in [2.24, 2.45) is 5.73 Å². The monoisotopic (exact) mass is 343 g/mol. The molecular weight excluding hydrogens is 327 g/mol. The van der Waals surface area contributed by atoms with E-state index in [0.717, 1.165) is 4.90 Å². The predicted octanol–water partition coefficient (Wildman–Crippen LogP) is 1.56. The van der Waals surface area contributed by atoms with E-state index in [4.69, 9.17) is 5.73 Å². The fourth-order valence-corrected chi connectivity index (χ4v) is 2.32. The molecule has 0 saturated carbocycles. The summed E-state index contributed by atoms with van der Waals surface area (Å²) in [6.45, 7) is 0. The third-order valence-electron chi connectivity index (χ3n) is 3.40. The number of alkyl halides is 3. The Morgan fingerprint density at radius 2 is 1.88 bits per heavy atom. The number of amides is 1. The standard InChI is InChI=1S/C15H16F3N3O3/c1-21(2)12(22)14(19,24-13(23)15(16,17)18)7-9-8-20-11-6-4-3-5-10(9)11/h3-6,8,20H,7,19H2,1-2H3/t14-/m0/s1. The Labute approximate surface area is 135 Å². The number of nitrogens with zero attached hydrogens (tertiary/aromatic N) is 1. The number of aromatic amines is 1. The minimum atomic E-state index is -5.25. The molecule has 1 aromatic heterocycles. The lowest BCUT2D eigenvalue weighted by atomic mass is 10.0. The molecule has 0 radical (unpaired) electrons. The number of carbonyl (C=O) groups is 2. The van der Waals surface area contributed by atoms with Crippen LogP contribution in [0.25, 0.3) is 10.9 Å². The van der Waals surface area contributed by atoms with E-state index in [1.807, 2.05) is 0 Å². The summed E-state index contributed by atoms with van der Waals surface area (Å²) in [6.07, 6.45) is -4.15. The molecule has 0 saturated heterocycles. The summed E-state index contributed by atoms with van der Waals surface area (Å²) in [5.74, 6) is -3.47. The van der Waals surface area contributed by atoms with E-state index in [-0.39, 0.29) is 0 Å². The second kappa shape index (κ2) is 6.16. The molecule has 1 amide bonds. The van der Waals surface area contributed by atoms with Crippen LogP contribution >= 0.6 is 0 Å². The van der Waals surface area contributed by atoms with Gasteiger partial charge in [0.2, 0.25) is 5.72 Å². The molecule has 2 aromatic rings. The van der Waals surface area contributed by atoms with Crippen molar-refractivity contribution in [2.45, 2.75) is 18.3 Å². The third kappa shape index (κ3) is 3.51. The van der Waals surface area contributed by atoms with Crippen LogP contribution in [-0.4, -0.2) is 47.8 Å². The van der Waals surface area contributed by atoms with Crippen molar-refractivity contribution >= 4 is 22.8 Å². The summed E-state index contributed by atoms with van der Waals surface area (Å²) >= 11 is 0. The molecule has 0 unspecified atom stereocenters. The summed E-state index contributed by atoms with van der Waals surface area (Å²) in [7, 11) is 2.61. The largest absolute Gasteiger partial charge is 0.491 e. The molecule has 0 bridgehead atoms. The van der Waals surface area contributed by atoms with E-state index in [1.54, 1.807) is 24.3 Å². The highest BCUT2D eigenvalue weighted by atomic mass is 19.4. The smallest absolute Gasteiger partial charge is 0.427 e. The number of ether oxygens (including phenoxy) is 1. The van der Waals surface area contributed by atoms with Crippen LogP contribution < -0.4 is 5.73 Å². The molecule has 24 heavy (non-hydrogen) atoms. The molecule has 0 spiro atoms. The molecule has 3 N–H and O–H groups in total. The molecule has 130 valence electrons. The molecular formula is C15H16F3N3O3. The van der Waals surface area contributed by atoms with Gasteiger partial charge in [-0.25, -0.2) is 4.79 Å². The van der Waals surface area contributed by atoms with Crippen LogP contribution in [0.15, 0.2) is 30.5 Å². The highest BCUT2D eigenvalue weighted by Gasteiger charge is 2.49. The average Bonchev–Trinajstić information content (AvgIpc) is 2.88. The number of rotatable bonds is 4. The van der Waals surface area contributed by atoms with Gasteiger partial charge in [-0.2, -0.15) is 13.2 Å². The fraction of sp³-hybridized carbons (Fsp3) is 0.333. The quantitative estimate of drug-likeness (QED) is 0.651. The number of H-pyrrole nitrogens is 1. The molecule has 1 aromatic carbocycles. The number of hydrogen-bond acceptors (Lipinski definition) is 4. The summed E-state index contributed by atoms with van der Waals surface area (Å²) in [5, 5.41) is 0.668. The number of aromatic nitrogens is 1. The number of esters is 1. The van der Waals surface area contributed by atoms with Crippen LogP contribution in [0, 0.1) is 0 Å². The van der Waals surface area contributed by atoms with Crippen LogP contribution in [0.5, 0.6) is 0 Å². The highest BCUT2D eigenvalue weighted by Crippen LogP contribution is 2.26. The molecule has 1 heterocycles. The number of benzene rings is 1. The molecule has 0 aliphatic rings. The van der Waals surface area contributed by atoms with E-state index in [0.29, 0.717) is 16.5 Å². The number of nitrogens with two attached hydrogens (primary N) is 1. The second-order valence-electron chi connectivity index (χ2n) is 5.51. The molecule has 9 heteroatoms. The van der Waals surface area contributed by atoms with E-state index >= 15 is 0 Å². The molecule has 2 rings (SSSR count). The van der Waals surface area contributed by atoms with Crippen LogP contribution in [0.3, 0.4) is 0 Å². The van der Waals surface area contributed by atoms with Crippen molar-refractivity contribution < 1.29 is 27.5 Å². The minimum Gasteiger partial charge on any atom is -0.427 e. The zero-order valence-corrected chi connectivity index (χ0v) is 13.0. The number of nitrogens with one attached hydrogen (secondary N) is 1. The van der Waals surface area contributed by atoms with E-state index < -0.39 is 30.2 Å². The Morgan fingerprint density at radius 1 is 1.25 bits per heavy atom. The summed E-state index contributed by atoms with van der Waals surface area (Å²) in [5.41, 5.74) is 4.48. The van der Waals surface area contributed by atoms with Gasteiger partial charge in [-0.05, 0) is 11.6 Å². The van der Waals surface area contributed by atoms with Crippen molar-refractivity contribution in [3.8, 4) is 0 Å². The van der Waals surface area contributed by atoms with Crippen molar-refractivity contribution in [2.75, 3.05) is 14.1 Å². The van der Waals surface area contributed by atoms with Gasteiger partial charge in [-0.15, -0.1) is 0 Å². The van der Waals surface area contributed by atoms with Crippen molar-refractivity contribution in [1.82, 2.24) is 9.88 Å². The number of hydrogen-bond donors (Lipinski definition) is 2. The molecule has 0 aliphatic heterocycles. The fourth-order valence-electron chi connectivity index (χ4n) is 2.32. The predicted molar refractivity (Wildman–Crippen MR) is 79.8 cm³/mol. The molecule has 6 nitrogen and oxygen atoms in total. The van der Waals surface area contributed by atoms with Gasteiger partial charge in [-0.3, -0.25) is 10.5 Å². The van der Waals surface area contributed by atoms with Crippen LogP contribution in [0.4, 0.5) is 13.2 Å². The summed E-state index contributed by atoms with van der Waals surface area (Å²) in [4.78, 5) is 27.3. The van der Waals surface area contributed by atoms with Gasteiger partial charge in [0.15, 0.2) is 0 Å². The maximum absolute atomic E-state index is 12.5. The number of para-hydroxylation sites is 1. The maximum atomic E-state index is 12.5. The van der Waals surface area contributed by atoms with Crippen LogP contribution in [0.2, 0.25) is 0 Å². The van der Waals surface area contributed by atoms with Crippen LogP contribution in [-0.2, 0) is 20.7 Å². The second-order valence-corrected chi connectivity index (χ2v) is 5.51. The third-order valence-corrected chi connectivity index (χ3v) is 3.40. The number of likely N-dealkylation sites (N-methyl/N-ethyl adjacent to an activating group) is 1. The number of carbonyl (C=O) groups excluding carboxylic acids is 2. The van der Waals surface area contributed by atoms with Crippen molar-refractivity contribution in [3.05, 3.63) is 36.0 Å². The van der Waals surface area contributed by atoms with Gasteiger partial charge in [0.05, 0.1) is 0 Å². The van der Waals surface area contributed by atoms with E-state index in [2.05, 4.69) is 9.72 Å². The Morgan fingerprint density at radius 3 is 2.46 bits per heavy atom. The van der Waals surface area contributed by atoms with Crippen molar-refractivity contribution in [1.29, 1.82) is 0 Å². The van der Waals surface area contributed by atoms with E-state index in [9.17, 15) is 22.8 Å². The van der Waals surface area contributed by atoms with Gasteiger partial charge in [0.25, 0.3) is 5.91 Å². The first-order valence-electron chi connectivity index (χ1n) is 6.90.